The van der Waals surface area contributed by atoms with E-state index in [-0.39, 0.29) is 12.2 Å². The van der Waals surface area contributed by atoms with Crippen molar-refractivity contribution in [3.8, 4) is 0 Å². The van der Waals surface area contributed by atoms with Gasteiger partial charge in [0.1, 0.15) is 5.76 Å². The van der Waals surface area contributed by atoms with Gasteiger partial charge in [-0.3, -0.25) is 9.59 Å². The van der Waals surface area contributed by atoms with Crippen molar-refractivity contribution in [3.05, 3.63) is 35.8 Å². The van der Waals surface area contributed by atoms with Crippen LogP contribution in [-0.4, -0.2) is 11.6 Å². The average molecular weight is 162 g/mol. The van der Waals surface area contributed by atoms with Crippen LogP contribution in [0.4, 0.5) is 0 Å². The zero-order chi connectivity index (χ0) is 8.55. The molecule has 0 saturated carbocycles. The lowest BCUT2D eigenvalue weighted by molar-refractivity contribution is -0.134. The van der Waals surface area contributed by atoms with Crippen molar-refractivity contribution in [1.29, 1.82) is 0 Å². The topological polar surface area (TPSA) is 43.4 Å². The van der Waals surface area contributed by atoms with Gasteiger partial charge in [-0.25, -0.2) is 0 Å². The van der Waals surface area contributed by atoms with E-state index >= 15 is 0 Å². The quantitative estimate of drug-likeness (QED) is 0.496. The summed E-state index contributed by atoms with van der Waals surface area (Å²) in [7, 11) is 0. The molecule has 0 atom stereocenters. The highest BCUT2D eigenvalue weighted by atomic mass is 16.5. The van der Waals surface area contributed by atoms with Crippen molar-refractivity contribution in [2.75, 3.05) is 0 Å². The molecule has 2 rings (SSSR count). The summed E-state index contributed by atoms with van der Waals surface area (Å²) >= 11 is 0. The normalized spacial score (nSPS) is 21.0. The summed E-state index contributed by atoms with van der Waals surface area (Å²) < 4.78 is 5.04. The standard InChI is InChI=1S/C9H6O3/c10-7-3-4-8-6(9(7)11)2-1-5-12-8/h1-2,4-5H,3H2. The highest BCUT2D eigenvalue weighted by Gasteiger charge is 2.27. The van der Waals surface area contributed by atoms with E-state index in [4.69, 9.17) is 4.74 Å². The van der Waals surface area contributed by atoms with Gasteiger partial charge in [-0.1, -0.05) is 0 Å². The Balaban J connectivity index is 2.48. The summed E-state index contributed by atoms with van der Waals surface area (Å²) in [6, 6.07) is 0. The summed E-state index contributed by atoms with van der Waals surface area (Å²) in [5.41, 5.74) is 0.369. The minimum Gasteiger partial charge on any atom is -0.465 e. The maximum Gasteiger partial charge on any atom is 0.232 e. The Bertz CT molecular complexity index is 345. The maximum absolute atomic E-state index is 11.2. The summed E-state index contributed by atoms with van der Waals surface area (Å²) in [5, 5.41) is 0. The molecule has 0 unspecified atom stereocenters. The molecule has 12 heavy (non-hydrogen) atoms. The lowest BCUT2D eigenvalue weighted by Gasteiger charge is -2.15. The Hall–Kier alpha value is -1.64. The number of rotatable bonds is 0. The van der Waals surface area contributed by atoms with Crippen LogP contribution in [0.1, 0.15) is 6.42 Å². The highest BCUT2D eigenvalue weighted by molar-refractivity contribution is 6.45. The van der Waals surface area contributed by atoms with Crippen molar-refractivity contribution in [3.63, 3.8) is 0 Å². The zero-order valence-electron chi connectivity index (χ0n) is 6.24. The van der Waals surface area contributed by atoms with Gasteiger partial charge in [0.05, 0.1) is 11.8 Å². The van der Waals surface area contributed by atoms with E-state index in [0.29, 0.717) is 11.3 Å². The molecular weight excluding hydrogens is 156 g/mol. The Kier molecular flexibility index (Phi) is 1.43. The van der Waals surface area contributed by atoms with Crippen molar-refractivity contribution >= 4 is 11.6 Å². The Morgan fingerprint density at radius 1 is 1.33 bits per heavy atom. The number of carbonyl (C=O) groups excluding carboxylic acids is 2. The molecule has 0 radical (unpaired) electrons. The van der Waals surface area contributed by atoms with Crippen LogP contribution in [0.2, 0.25) is 0 Å². The predicted molar refractivity (Wildman–Crippen MR) is 41.0 cm³/mol. The molecule has 0 spiro atoms. The summed E-state index contributed by atoms with van der Waals surface area (Å²) in [4.78, 5) is 22.1. The Morgan fingerprint density at radius 2 is 2.17 bits per heavy atom. The molecule has 0 saturated heterocycles. The summed E-state index contributed by atoms with van der Waals surface area (Å²) in [5.74, 6) is -0.317. The summed E-state index contributed by atoms with van der Waals surface area (Å²) in [6.45, 7) is 0. The van der Waals surface area contributed by atoms with Gasteiger partial charge in [0.15, 0.2) is 0 Å². The van der Waals surface area contributed by atoms with Gasteiger partial charge >= 0.3 is 0 Å². The lowest BCUT2D eigenvalue weighted by Crippen LogP contribution is -2.22. The van der Waals surface area contributed by atoms with Crippen LogP contribution in [0.5, 0.6) is 0 Å². The molecule has 0 amide bonds. The molecule has 1 aliphatic carbocycles. The van der Waals surface area contributed by atoms with Crippen molar-refractivity contribution < 1.29 is 14.3 Å². The lowest BCUT2D eigenvalue weighted by atomic mass is 9.96. The molecule has 60 valence electrons. The van der Waals surface area contributed by atoms with Gasteiger partial charge in [0.2, 0.25) is 11.6 Å². The molecule has 0 N–H and O–H groups in total. The number of hydrogen-bond acceptors (Lipinski definition) is 3. The van der Waals surface area contributed by atoms with Gasteiger partial charge in [-0.15, -0.1) is 0 Å². The van der Waals surface area contributed by atoms with Gasteiger partial charge in [-0.05, 0) is 18.2 Å². The number of hydrogen-bond donors (Lipinski definition) is 0. The fraction of sp³-hybridized carbons (Fsp3) is 0.111. The Morgan fingerprint density at radius 3 is 3.00 bits per heavy atom. The zero-order valence-corrected chi connectivity index (χ0v) is 6.24. The van der Waals surface area contributed by atoms with Crippen LogP contribution in [0.3, 0.4) is 0 Å². The van der Waals surface area contributed by atoms with Crippen LogP contribution in [-0.2, 0) is 14.3 Å². The van der Waals surface area contributed by atoms with Gasteiger partial charge in [0.25, 0.3) is 0 Å². The Labute approximate surface area is 69.0 Å². The largest absolute Gasteiger partial charge is 0.465 e. The van der Waals surface area contributed by atoms with E-state index in [1.165, 1.54) is 6.26 Å². The second-order valence-corrected chi connectivity index (χ2v) is 2.55. The van der Waals surface area contributed by atoms with E-state index in [2.05, 4.69) is 0 Å². The molecular formula is C9H6O3. The van der Waals surface area contributed by atoms with Crippen molar-refractivity contribution in [2.45, 2.75) is 6.42 Å². The molecule has 2 aliphatic rings. The smallest absolute Gasteiger partial charge is 0.232 e. The van der Waals surface area contributed by atoms with E-state index in [9.17, 15) is 9.59 Å². The van der Waals surface area contributed by atoms with Crippen molar-refractivity contribution in [1.82, 2.24) is 0 Å². The van der Waals surface area contributed by atoms with Crippen LogP contribution >= 0.6 is 0 Å². The van der Waals surface area contributed by atoms with E-state index in [1.807, 2.05) is 0 Å². The maximum atomic E-state index is 11.2. The van der Waals surface area contributed by atoms with Crippen LogP contribution in [0.15, 0.2) is 35.8 Å². The van der Waals surface area contributed by atoms with Gasteiger partial charge in [-0.2, -0.15) is 0 Å². The number of allylic oxidation sites excluding steroid dienone is 4. The molecule has 0 bridgehead atoms. The summed E-state index contributed by atoms with van der Waals surface area (Å²) in [6.07, 6.45) is 6.45. The highest BCUT2D eigenvalue weighted by Crippen LogP contribution is 2.22. The number of carbonyl (C=O) groups is 2. The number of Topliss-reactive ketones (excluding diaryl/α,β-unsaturated/α-hetero) is 2. The first-order valence-corrected chi connectivity index (χ1v) is 3.60. The van der Waals surface area contributed by atoms with Gasteiger partial charge < -0.3 is 4.74 Å². The second kappa shape index (κ2) is 2.44. The third kappa shape index (κ3) is 0.906. The SMILES string of the molecule is O=C1CC=C2OC=CC=C2C1=O. The third-order valence-corrected chi connectivity index (χ3v) is 1.77. The molecule has 3 nitrogen and oxygen atoms in total. The molecule has 0 fully saturated rings. The minimum atomic E-state index is -0.447. The second-order valence-electron chi connectivity index (χ2n) is 2.55. The predicted octanol–water partition coefficient (Wildman–Crippen LogP) is 0.882. The van der Waals surface area contributed by atoms with Crippen LogP contribution in [0.25, 0.3) is 0 Å². The molecule has 1 heterocycles. The van der Waals surface area contributed by atoms with E-state index < -0.39 is 5.78 Å². The fourth-order valence-electron chi connectivity index (χ4n) is 1.17. The first kappa shape index (κ1) is 7.03. The average Bonchev–Trinajstić information content (AvgIpc) is 2.12. The van der Waals surface area contributed by atoms with E-state index in [1.54, 1.807) is 18.2 Å². The minimum absolute atomic E-state index is 0.152. The van der Waals surface area contributed by atoms with Crippen LogP contribution < -0.4 is 0 Å². The molecule has 3 heteroatoms. The van der Waals surface area contributed by atoms with Crippen molar-refractivity contribution in [2.24, 2.45) is 0 Å². The fourth-order valence-corrected chi connectivity index (χ4v) is 1.17. The monoisotopic (exact) mass is 162 g/mol. The third-order valence-electron chi connectivity index (χ3n) is 1.77. The first-order chi connectivity index (χ1) is 5.79. The molecule has 0 aromatic heterocycles. The van der Waals surface area contributed by atoms with Gasteiger partial charge in [0, 0.05) is 6.42 Å². The molecule has 0 aromatic rings. The number of ether oxygens (including phenoxy) is 1. The van der Waals surface area contributed by atoms with E-state index in [0.717, 1.165) is 0 Å². The molecule has 1 aliphatic heterocycles. The number of ketones is 2. The molecule has 0 aromatic carbocycles. The first-order valence-electron chi connectivity index (χ1n) is 3.60. The van der Waals surface area contributed by atoms with Crippen LogP contribution in [0, 0.1) is 0 Å². The number of fused-ring (bicyclic) bond motifs is 1.